The van der Waals surface area contributed by atoms with E-state index in [-0.39, 0.29) is 11.4 Å². The Kier molecular flexibility index (Phi) is 4.87. The van der Waals surface area contributed by atoms with Crippen LogP contribution in [-0.2, 0) is 16.6 Å². The Morgan fingerprint density at radius 2 is 2.04 bits per heavy atom. The first-order valence-corrected chi connectivity index (χ1v) is 9.11. The lowest BCUT2D eigenvalue weighted by Crippen LogP contribution is -2.24. The summed E-state index contributed by atoms with van der Waals surface area (Å²) in [6, 6.07) is 12.1. The molecule has 0 atom stereocenters. The van der Waals surface area contributed by atoms with E-state index < -0.39 is 10.0 Å². The van der Waals surface area contributed by atoms with E-state index in [0.717, 1.165) is 5.56 Å². The lowest BCUT2D eigenvalue weighted by Gasteiger charge is -2.12. The minimum absolute atomic E-state index is 0.0866. The fourth-order valence-electron chi connectivity index (χ4n) is 2.46. The van der Waals surface area contributed by atoms with Crippen molar-refractivity contribution in [1.29, 1.82) is 0 Å². The van der Waals surface area contributed by atoms with Gasteiger partial charge in [0.25, 0.3) is 0 Å². The Balaban J connectivity index is 1.88. The maximum atomic E-state index is 12.7. The van der Waals surface area contributed by atoms with E-state index in [0.29, 0.717) is 22.8 Å². The number of hydrogen-bond donors (Lipinski definition) is 1. The topological polar surface area (TPSA) is 81.4 Å². The van der Waals surface area contributed by atoms with Crippen molar-refractivity contribution in [2.75, 3.05) is 7.11 Å². The van der Waals surface area contributed by atoms with Crippen LogP contribution in [0.25, 0.3) is 11.5 Å². The zero-order chi connectivity index (χ0) is 17.9. The van der Waals surface area contributed by atoms with E-state index in [9.17, 15) is 8.42 Å². The van der Waals surface area contributed by atoms with Gasteiger partial charge in [-0.15, -0.1) is 0 Å². The molecule has 2 heterocycles. The molecule has 0 aliphatic heterocycles. The monoisotopic (exact) mass is 358 g/mol. The number of pyridine rings is 1. The molecule has 0 aliphatic carbocycles. The molecule has 3 rings (SSSR count). The smallest absolute Gasteiger partial charge is 0.244 e. The summed E-state index contributed by atoms with van der Waals surface area (Å²) in [7, 11) is -2.30. The molecule has 1 N–H and O–H groups in total. The summed E-state index contributed by atoms with van der Waals surface area (Å²) in [6.45, 7) is 1.91. The van der Waals surface area contributed by atoms with Crippen molar-refractivity contribution in [3.63, 3.8) is 0 Å². The number of rotatable bonds is 6. The molecule has 0 bridgehead atoms. The highest BCUT2D eigenvalue weighted by Gasteiger charge is 2.20. The number of nitrogens with zero attached hydrogens (tertiary/aromatic N) is 1. The van der Waals surface area contributed by atoms with Crippen LogP contribution in [-0.4, -0.2) is 20.5 Å². The standard InChI is InChI=1S/C18H18N2O4S/c1-13-7-8-15(23-2)17(11-13)25(21,22)20-12-14-5-3-9-19-18(14)16-6-4-10-24-16/h3-11,20H,12H2,1-2H3. The fourth-order valence-corrected chi connectivity index (χ4v) is 3.72. The number of aromatic nitrogens is 1. The van der Waals surface area contributed by atoms with Gasteiger partial charge in [0.05, 0.1) is 13.4 Å². The van der Waals surface area contributed by atoms with E-state index >= 15 is 0 Å². The molecule has 1 aromatic carbocycles. The average molecular weight is 358 g/mol. The highest BCUT2D eigenvalue weighted by molar-refractivity contribution is 7.89. The zero-order valence-corrected chi connectivity index (χ0v) is 14.7. The summed E-state index contributed by atoms with van der Waals surface area (Å²) >= 11 is 0. The second-order valence-electron chi connectivity index (χ2n) is 5.47. The summed E-state index contributed by atoms with van der Waals surface area (Å²) in [4.78, 5) is 4.40. The van der Waals surface area contributed by atoms with Crippen molar-refractivity contribution in [2.45, 2.75) is 18.4 Å². The first-order valence-electron chi connectivity index (χ1n) is 7.63. The summed E-state index contributed by atoms with van der Waals surface area (Å²) < 4.78 is 38.6. The number of benzene rings is 1. The first kappa shape index (κ1) is 17.2. The first-order chi connectivity index (χ1) is 12.0. The number of ether oxygens (including phenoxy) is 1. The zero-order valence-electron chi connectivity index (χ0n) is 13.9. The highest BCUT2D eigenvalue weighted by Crippen LogP contribution is 2.26. The molecule has 0 saturated carbocycles. The predicted octanol–water partition coefficient (Wildman–Crippen LogP) is 3.14. The number of hydrogen-bond acceptors (Lipinski definition) is 5. The third-order valence-corrected chi connectivity index (χ3v) is 5.13. The molecule has 130 valence electrons. The number of aryl methyl sites for hydroxylation is 1. The largest absolute Gasteiger partial charge is 0.495 e. The van der Waals surface area contributed by atoms with Crippen LogP contribution in [0.15, 0.2) is 64.2 Å². The normalized spacial score (nSPS) is 11.4. The van der Waals surface area contributed by atoms with E-state index in [2.05, 4.69) is 9.71 Å². The van der Waals surface area contributed by atoms with Crippen LogP contribution in [0.1, 0.15) is 11.1 Å². The number of sulfonamides is 1. The molecule has 0 saturated heterocycles. The van der Waals surface area contributed by atoms with Crippen LogP contribution in [0.3, 0.4) is 0 Å². The summed E-state index contributed by atoms with van der Waals surface area (Å²) in [5, 5.41) is 0. The Hall–Kier alpha value is -2.64. The molecule has 25 heavy (non-hydrogen) atoms. The quantitative estimate of drug-likeness (QED) is 0.732. The van der Waals surface area contributed by atoms with Gasteiger partial charge in [-0.25, -0.2) is 13.1 Å². The molecule has 6 nitrogen and oxygen atoms in total. The van der Waals surface area contributed by atoms with Gasteiger partial charge in [-0.1, -0.05) is 12.1 Å². The molecule has 0 spiro atoms. The minimum atomic E-state index is -3.74. The van der Waals surface area contributed by atoms with Gasteiger partial charge in [-0.2, -0.15) is 0 Å². The van der Waals surface area contributed by atoms with Gasteiger partial charge in [0.1, 0.15) is 16.3 Å². The van der Waals surface area contributed by atoms with Gasteiger partial charge in [-0.3, -0.25) is 4.98 Å². The number of methoxy groups -OCH3 is 1. The molecule has 3 aromatic rings. The van der Waals surface area contributed by atoms with Crippen molar-refractivity contribution in [2.24, 2.45) is 0 Å². The SMILES string of the molecule is COc1ccc(C)cc1S(=O)(=O)NCc1cccnc1-c1ccco1. The van der Waals surface area contributed by atoms with Crippen LogP contribution in [0, 0.1) is 6.92 Å². The van der Waals surface area contributed by atoms with Crippen molar-refractivity contribution in [1.82, 2.24) is 9.71 Å². The van der Waals surface area contributed by atoms with Crippen LogP contribution in [0.2, 0.25) is 0 Å². The highest BCUT2D eigenvalue weighted by atomic mass is 32.2. The average Bonchev–Trinajstić information content (AvgIpc) is 3.15. The van der Waals surface area contributed by atoms with Gasteiger partial charge in [-0.05, 0) is 48.4 Å². The van der Waals surface area contributed by atoms with Gasteiger partial charge in [0.15, 0.2) is 5.76 Å². The summed E-state index contributed by atoms with van der Waals surface area (Å²) in [5.41, 5.74) is 2.15. The van der Waals surface area contributed by atoms with Crippen LogP contribution >= 0.6 is 0 Å². The van der Waals surface area contributed by atoms with Crippen molar-refractivity contribution >= 4 is 10.0 Å². The number of furan rings is 1. The summed E-state index contributed by atoms with van der Waals surface area (Å²) in [6.07, 6.45) is 3.19. The van der Waals surface area contributed by atoms with Crippen LogP contribution in [0.5, 0.6) is 5.75 Å². The van der Waals surface area contributed by atoms with Crippen molar-refractivity contribution < 1.29 is 17.6 Å². The third-order valence-electron chi connectivity index (χ3n) is 3.71. The molecular weight excluding hydrogens is 340 g/mol. The molecule has 2 aromatic heterocycles. The van der Waals surface area contributed by atoms with Crippen LogP contribution < -0.4 is 9.46 Å². The van der Waals surface area contributed by atoms with E-state index in [1.807, 2.05) is 6.92 Å². The predicted molar refractivity (Wildman–Crippen MR) is 93.7 cm³/mol. The maximum Gasteiger partial charge on any atom is 0.244 e. The van der Waals surface area contributed by atoms with Gasteiger partial charge in [0, 0.05) is 12.7 Å². The van der Waals surface area contributed by atoms with E-state index in [1.165, 1.54) is 7.11 Å². The van der Waals surface area contributed by atoms with Gasteiger partial charge >= 0.3 is 0 Å². The molecule has 0 fully saturated rings. The second-order valence-corrected chi connectivity index (χ2v) is 7.20. The van der Waals surface area contributed by atoms with Crippen molar-refractivity contribution in [3.05, 3.63) is 66.1 Å². The Bertz CT molecular complexity index is 967. The minimum Gasteiger partial charge on any atom is -0.495 e. The molecule has 0 radical (unpaired) electrons. The Labute approximate surface area is 146 Å². The number of nitrogens with one attached hydrogen (secondary N) is 1. The maximum absolute atomic E-state index is 12.7. The fraction of sp³-hybridized carbons (Fsp3) is 0.167. The van der Waals surface area contributed by atoms with E-state index in [1.54, 1.807) is 54.9 Å². The lowest BCUT2D eigenvalue weighted by atomic mass is 10.1. The van der Waals surface area contributed by atoms with Gasteiger partial charge < -0.3 is 9.15 Å². The molecule has 0 aliphatic rings. The third kappa shape index (κ3) is 3.72. The molecule has 0 unspecified atom stereocenters. The molecule has 7 heteroatoms. The van der Waals surface area contributed by atoms with Crippen LogP contribution in [0.4, 0.5) is 0 Å². The van der Waals surface area contributed by atoms with E-state index in [4.69, 9.17) is 9.15 Å². The molecular formula is C18H18N2O4S. The second kappa shape index (κ2) is 7.08. The lowest BCUT2D eigenvalue weighted by molar-refractivity contribution is 0.402. The summed E-state index contributed by atoms with van der Waals surface area (Å²) in [5.74, 6) is 0.887. The van der Waals surface area contributed by atoms with Crippen molar-refractivity contribution in [3.8, 4) is 17.2 Å². The molecule has 0 amide bonds. The van der Waals surface area contributed by atoms with Gasteiger partial charge in [0.2, 0.25) is 10.0 Å². The Morgan fingerprint density at radius 1 is 1.20 bits per heavy atom. The Morgan fingerprint density at radius 3 is 2.76 bits per heavy atom.